The molecule has 0 radical (unpaired) electrons. The van der Waals surface area contributed by atoms with Gasteiger partial charge in [-0.3, -0.25) is 4.79 Å². The van der Waals surface area contributed by atoms with Crippen molar-refractivity contribution < 1.29 is 14.3 Å². The molecule has 1 amide bonds. The molecule has 1 aliphatic rings. The Balaban J connectivity index is 2.19. The van der Waals surface area contributed by atoms with E-state index in [1.165, 1.54) is 0 Å². The van der Waals surface area contributed by atoms with Gasteiger partial charge < -0.3 is 14.8 Å². The van der Waals surface area contributed by atoms with Gasteiger partial charge in [-0.15, -0.1) is 0 Å². The van der Waals surface area contributed by atoms with Crippen LogP contribution in [0.25, 0.3) is 0 Å². The number of amides is 1. The van der Waals surface area contributed by atoms with E-state index in [0.717, 1.165) is 24.8 Å². The van der Waals surface area contributed by atoms with E-state index in [9.17, 15) is 4.79 Å². The molecule has 0 unspecified atom stereocenters. The van der Waals surface area contributed by atoms with Gasteiger partial charge >= 0.3 is 0 Å². The minimum Gasteiger partial charge on any atom is -0.493 e. The summed E-state index contributed by atoms with van der Waals surface area (Å²) in [6.45, 7) is 2.01. The lowest BCUT2D eigenvalue weighted by Gasteiger charge is -2.19. The standard InChI is InChI=1S/C15H21NO3/c1-4-5-14(17)16-15(8-9-15)11-6-7-12(18-2)13(10-11)19-3/h6-7,10H,4-5,8-9H2,1-3H3,(H,16,17). The average molecular weight is 263 g/mol. The Morgan fingerprint density at radius 2 is 1.95 bits per heavy atom. The van der Waals surface area contributed by atoms with E-state index in [1.54, 1.807) is 14.2 Å². The quantitative estimate of drug-likeness (QED) is 0.858. The molecule has 1 aliphatic carbocycles. The summed E-state index contributed by atoms with van der Waals surface area (Å²) >= 11 is 0. The third-order valence-electron chi connectivity index (χ3n) is 3.54. The Labute approximate surface area is 114 Å². The van der Waals surface area contributed by atoms with Crippen molar-refractivity contribution in [3.8, 4) is 11.5 Å². The second-order valence-electron chi connectivity index (χ2n) is 4.95. The number of carbonyl (C=O) groups is 1. The molecule has 1 fully saturated rings. The van der Waals surface area contributed by atoms with Crippen LogP contribution in [0.5, 0.6) is 11.5 Å². The summed E-state index contributed by atoms with van der Waals surface area (Å²) in [6.07, 6.45) is 3.42. The van der Waals surface area contributed by atoms with Crippen LogP contribution in [-0.4, -0.2) is 20.1 Å². The van der Waals surface area contributed by atoms with Gasteiger partial charge in [-0.05, 0) is 37.0 Å². The van der Waals surface area contributed by atoms with E-state index in [-0.39, 0.29) is 11.4 Å². The highest BCUT2D eigenvalue weighted by Crippen LogP contribution is 2.47. The number of rotatable bonds is 6. The molecule has 0 atom stereocenters. The van der Waals surface area contributed by atoms with Gasteiger partial charge in [0.15, 0.2) is 11.5 Å². The van der Waals surface area contributed by atoms with Crippen LogP contribution < -0.4 is 14.8 Å². The first-order chi connectivity index (χ1) is 9.15. The monoisotopic (exact) mass is 263 g/mol. The largest absolute Gasteiger partial charge is 0.493 e. The molecule has 4 nitrogen and oxygen atoms in total. The van der Waals surface area contributed by atoms with Crippen molar-refractivity contribution in [3.05, 3.63) is 23.8 Å². The lowest BCUT2D eigenvalue weighted by Crippen LogP contribution is -2.34. The van der Waals surface area contributed by atoms with Crippen LogP contribution in [0.15, 0.2) is 18.2 Å². The Morgan fingerprint density at radius 1 is 1.26 bits per heavy atom. The lowest BCUT2D eigenvalue weighted by atomic mass is 10.0. The summed E-state index contributed by atoms with van der Waals surface area (Å²) < 4.78 is 10.5. The molecule has 1 saturated carbocycles. The average Bonchev–Trinajstić information content (AvgIpc) is 3.19. The Bertz CT molecular complexity index is 466. The van der Waals surface area contributed by atoms with E-state index in [2.05, 4.69) is 5.32 Å². The molecule has 1 aromatic rings. The van der Waals surface area contributed by atoms with Crippen LogP contribution in [0.4, 0.5) is 0 Å². The number of hydrogen-bond donors (Lipinski definition) is 1. The van der Waals surface area contributed by atoms with Gasteiger partial charge in [0.2, 0.25) is 5.91 Å². The predicted octanol–water partition coefficient (Wildman–Crippen LogP) is 2.61. The van der Waals surface area contributed by atoms with Gasteiger partial charge in [0.1, 0.15) is 0 Å². The van der Waals surface area contributed by atoms with Crippen molar-refractivity contribution in [1.29, 1.82) is 0 Å². The van der Waals surface area contributed by atoms with Gasteiger partial charge in [0.05, 0.1) is 19.8 Å². The first-order valence-electron chi connectivity index (χ1n) is 6.68. The maximum atomic E-state index is 11.8. The maximum Gasteiger partial charge on any atom is 0.220 e. The van der Waals surface area contributed by atoms with E-state index >= 15 is 0 Å². The molecule has 0 saturated heterocycles. The van der Waals surface area contributed by atoms with Crippen molar-refractivity contribution in [2.75, 3.05) is 14.2 Å². The highest BCUT2D eigenvalue weighted by Gasteiger charge is 2.45. The number of ether oxygens (including phenoxy) is 2. The molecule has 0 spiro atoms. The minimum absolute atomic E-state index is 0.120. The molecular formula is C15H21NO3. The summed E-state index contributed by atoms with van der Waals surface area (Å²) in [5.41, 5.74) is 0.904. The molecule has 1 aromatic carbocycles. The summed E-state index contributed by atoms with van der Waals surface area (Å²) in [4.78, 5) is 11.8. The summed E-state index contributed by atoms with van der Waals surface area (Å²) in [5.74, 6) is 1.53. The summed E-state index contributed by atoms with van der Waals surface area (Å²) in [6, 6.07) is 5.85. The lowest BCUT2D eigenvalue weighted by molar-refractivity contribution is -0.122. The van der Waals surface area contributed by atoms with Gasteiger partial charge in [-0.1, -0.05) is 13.0 Å². The zero-order chi connectivity index (χ0) is 13.9. The van der Waals surface area contributed by atoms with E-state index in [4.69, 9.17) is 9.47 Å². The van der Waals surface area contributed by atoms with Crippen LogP contribution in [-0.2, 0) is 10.3 Å². The molecule has 0 heterocycles. The molecule has 2 rings (SSSR count). The molecule has 104 valence electrons. The third-order valence-corrected chi connectivity index (χ3v) is 3.54. The molecular weight excluding hydrogens is 242 g/mol. The number of methoxy groups -OCH3 is 2. The van der Waals surface area contributed by atoms with E-state index in [1.807, 2.05) is 25.1 Å². The Hall–Kier alpha value is -1.71. The second-order valence-corrected chi connectivity index (χ2v) is 4.95. The van der Waals surface area contributed by atoms with Gasteiger partial charge in [-0.25, -0.2) is 0 Å². The highest BCUT2D eigenvalue weighted by atomic mass is 16.5. The third kappa shape index (κ3) is 2.83. The zero-order valence-corrected chi connectivity index (χ0v) is 11.8. The SMILES string of the molecule is CCCC(=O)NC1(c2ccc(OC)c(OC)c2)CC1. The van der Waals surface area contributed by atoms with Crippen molar-refractivity contribution in [2.24, 2.45) is 0 Å². The fourth-order valence-corrected chi connectivity index (χ4v) is 2.30. The van der Waals surface area contributed by atoms with Crippen molar-refractivity contribution in [2.45, 2.75) is 38.1 Å². The minimum atomic E-state index is -0.189. The van der Waals surface area contributed by atoms with E-state index < -0.39 is 0 Å². The summed E-state index contributed by atoms with van der Waals surface area (Å²) in [5, 5.41) is 3.14. The Morgan fingerprint density at radius 3 is 2.47 bits per heavy atom. The van der Waals surface area contributed by atoms with E-state index in [0.29, 0.717) is 17.9 Å². The molecule has 0 aromatic heterocycles. The fourth-order valence-electron chi connectivity index (χ4n) is 2.30. The zero-order valence-electron chi connectivity index (χ0n) is 11.8. The van der Waals surface area contributed by atoms with Crippen molar-refractivity contribution >= 4 is 5.91 Å². The predicted molar refractivity (Wildman–Crippen MR) is 73.5 cm³/mol. The molecule has 4 heteroatoms. The molecule has 0 bridgehead atoms. The number of hydrogen-bond acceptors (Lipinski definition) is 3. The van der Waals surface area contributed by atoms with Crippen LogP contribution >= 0.6 is 0 Å². The molecule has 0 aliphatic heterocycles. The van der Waals surface area contributed by atoms with Crippen LogP contribution in [0, 0.1) is 0 Å². The van der Waals surface area contributed by atoms with Crippen molar-refractivity contribution in [1.82, 2.24) is 5.32 Å². The first-order valence-corrected chi connectivity index (χ1v) is 6.68. The van der Waals surface area contributed by atoms with Gasteiger partial charge in [0, 0.05) is 6.42 Å². The van der Waals surface area contributed by atoms with Crippen LogP contribution in [0.3, 0.4) is 0 Å². The normalized spacial score (nSPS) is 15.7. The smallest absolute Gasteiger partial charge is 0.220 e. The van der Waals surface area contributed by atoms with Gasteiger partial charge in [-0.2, -0.15) is 0 Å². The summed E-state index contributed by atoms with van der Waals surface area (Å²) in [7, 11) is 3.24. The van der Waals surface area contributed by atoms with Crippen LogP contribution in [0.1, 0.15) is 38.2 Å². The number of benzene rings is 1. The number of carbonyl (C=O) groups excluding carboxylic acids is 1. The number of nitrogens with one attached hydrogen (secondary N) is 1. The second kappa shape index (κ2) is 5.51. The van der Waals surface area contributed by atoms with Gasteiger partial charge in [0.25, 0.3) is 0 Å². The topological polar surface area (TPSA) is 47.6 Å². The van der Waals surface area contributed by atoms with Crippen molar-refractivity contribution in [3.63, 3.8) is 0 Å². The fraction of sp³-hybridized carbons (Fsp3) is 0.533. The Kier molecular flexibility index (Phi) is 3.98. The molecule has 1 N–H and O–H groups in total. The highest BCUT2D eigenvalue weighted by molar-refractivity contribution is 5.77. The van der Waals surface area contributed by atoms with Crippen LogP contribution in [0.2, 0.25) is 0 Å². The first kappa shape index (κ1) is 13.7. The molecule has 19 heavy (non-hydrogen) atoms. The maximum absolute atomic E-state index is 11.8.